The van der Waals surface area contributed by atoms with Gasteiger partial charge in [-0.05, 0) is 74.9 Å². The second-order valence-electron chi connectivity index (χ2n) is 9.52. The van der Waals surface area contributed by atoms with Crippen LogP contribution < -0.4 is 10.1 Å². The van der Waals surface area contributed by atoms with Crippen molar-refractivity contribution in [1.82, 2.24) is 15.2 Å². The number of aromatic amines is 1. The van der Waals surface area contributed by atoms with E-state index in [1.165, 1.54) is 29.5 Å². The molecule has 2 aliphatic rings. The Morgan fingerprint density at radius 3 is 2.85 bits per heavy atom. The summed E-state index contributed by atoms with van der Waals surface area (Å²) in [7, 11) is 2.16. The maximum absolute atomic E-state index is 13.1. The number of para-hydroxylation sites is 1. The number of H-pyrrole nitrogens is 1. The number of nitrogens with one attached hydrogen (secondary N) is 2. The molecule has 0 saturated carbocycles. The fraction of sp³-hybridized carbons (Fsp3) is 0.464. The minimum atomic E-state index is -0.0476. The lowest BCUT2D eigenvalue weighted by molar-refractivity contribution is 0.0392. The largest absolute Gasteiger partial charge is 0.492 e. The smallest absolute Gasteiger partial charge is 0.253 e. The number of hydrogen-bond donors (Lipinski definition) is 2. The Morgan fingerprint density at radius 1 is 1.15 bits per heavy atom. The summed E-state index contributed by atoms with van der Waals surface area (Å²) >= 11 is 0. The Kier molecular flexibility index (Phi) is 7.16. The minimum Gasteiger partial charge on any atom is -0.492 e. The highest BCUT2D eigenvalue weighted by Crippen LogP contribution is 2.30. The molecular weight excluding hydrogens is 426 g/mol. The third-order valence-electron chi connectivity index (χ3n) is 7.26. The Balaban J connectivity index is 1.17. The molecule has 5 rings (SSSR count). The molecule has 180 valence electrons. The molecular formula is C28H35N3O3. The van der Waals surface area contributed by atoms with Gasteiger partial charge in [0.25, 0.3) is 5.91 Å². The number of fused-ring (bicyclic) bond motifs is 3. The molecule has 1 amide bonds. The molecule has 1 aliphatic heterocycles. The molecule has 2 aromatic carbocycles. The number of ether oxygens (including phenoxy) is 2. The average molecular weight is 462 g/mol. The van der Waals surface area contributed by atoms with E-state index in [1.807, 2.05) is 36.4 Å². The molecule has 3 aromatic rings. The molecule has 0 bridgehead atoms. The Labute approximate surface area is 201 Å². The summed E-state index contributed by atoms with van der Waals surface area (Å²) in [4.78, 5) is 19.0. The van der Waals surface area contributed by atoms with Crippen molar-refractivity contribution in [3.63, 3.8) is 0 Å². The molecule has 1 aliphatic carbocycles. The summed E-state index contributed by atoms with van der Waals surface area (Å²) < 4.78 is 11.5. The van der Waals surface area contributed by atoms with Crippen LogP contribution in [0.25, 0.3) is 10.9 Å². The number of aryl methyl sites for hydroxylation is 2. The van der Waals surface area contributed by atoms with Crippen LogP contribution in [0, 0.1) is 0 Å². The highest BCUT2D eigenvalue weighted by molar-refractivity contribution is 6.06. The second kappa shape index (κ2) is 10.6. The monoisotopic (exact) mass is 461 g/mol. The van der Waals surface area contributed by atoms with Crippen LogP contribution in [-0.2, 0) is 24.1 Å². The van der Waals surface area contributed by atoms with Crippen molar-refractivity contribution in [3.8, 4) is 5.75 Å². The molecule has 1 fully saturated rings. The first-order valence-corrected chi connectivity index (χ1v) is 12.6. The van der Waals surface area contributed by atoms with Crippen LogP contribution in [0.1, 0.15) is 52.9 Å². The van der Waals surface area contributed by atoms with Gasteiger partial charge in [-0.2, -0.15) is 0 Å². The summed E-state index contributed by atoms with van der Waals surface area (Å²) in [6.45, 7) is 3.70. The van der Waals surface area contributed by atoms with E-state index >= 15 is 0 Å². The summed E-state index contributed by atoms with van der Waals surface area (Å²) in [5.41, 5.74) is 5.41. The summed E-state index contributed by atoms with van der Waals surface area (Å²) in [5.74, 6) is 0.792. The molecule has 1 saturated heterocycles. The molecule has 34 heavy (non-hydrogen) atoms. The number of likely N-dealkylation sites (N-methyl/N-ethyl adjacent to an activating group) is 1. The van der Waals surface area contributed by atoms with Gasteiger partial charge in [0.05, 0.1) is 11.1 Å². The zero-order valence-corrected chi connectivity index (χ0v) is 20.1. The summed E-state index contributed by atoms with van der Waals surface area (Å²) in [6.07, 6.45) is 6.78. The van der Waals surface area contributed by atoms with Gasteiger partial charge in [0.1, 0.15) is 12.4 Å². The first-order valence-electron chi connectivity index (χ1n) is 12.6. The fourth-order valence-electron chi connectivity index (χ4n) is 5.26. The standard InChI is InChI=1S/C28H35N3O3/c1-31(21-12-15-33-16-13-21)14-17-34-22-7-4-6-20(18-22)19-29-28(32)25-10-5-9-24-23-8-2-3-11-26(23)30-27(24)25/h4-7,9-10,18,21,30H,2-3,8,11-17,19H2,1H3,(H,29,32). The van der Waals surface area contributed by atoms with Crippen LogP contribution in [0.3, 0.4) is 0 Å². The van der Waals surface area contributed by atoms with Crippen molar-refractivity contribution in [2.75, 3.05) is 33.4 Å². The van der Waals surface area contributed by atoms with Gasteiger partial charge in [-0.25, -0.2) is 0 Å². The quantitative estimate of drug-likeness (QED) is 0.520. The Hall–Kier alpha value is -2.83. The van der Waals surface area contributed by atoms with Crippen LogP contribution >= 0.6 is 0 Å². The van der Waals surface area contributed by atoms with Gasteiger partial charge in [-0.3, -0.25) is 9.69 Å². The van der Waals surface area contributed by atoms with E-state index in [4.69, 9.17) is 9.47 Å². The van der Waals surface area contributed by atoms with E-state index in [2.05, 4.69) is 28.3 Å². The predicted molar refractivity (Wildman–Crippen MR) is 135 cm³/mol. The van der Waals surface area contributed by atoms with Crippen LogP contribution in [0.2, 0.25) is 0 Å². The van der Waals surface area contributed by atoms with E-state index in [0.29, 0.717) is 19.2 Å². The highest BCUT2D eigenvalue weighted by Gasteiger charge is 2.20. The van der Waals surface area contributed by atoms with E-state index in [9.17, 15) is 4.79 Å². The first-order chi connectivity index (χ1) is 16.7. The van der Waals surface area contributed by atoms with Crippen molar-refractivity contribution < 1.29 is 14.3 Å². The van der Waals surface area contributed by atoms with Gasteiger partial charge in [0, 0.05) is 43.4 Å². The number of aromatic nitrogens is 1. The normalized spacial score (nSPS) is 16.5. The van der Waals surface area contributed by atoms with Gasteiger partial charge in [0.2, 0.25) is 0 Å². The minimum absolute atomic E-state index is 0.0476. The molecule has 2 heterocycles. The van der Waals surface area contributed by atoms with Gasteiger partial charge in [-0.15, -0.1) is 0 Å². The van der Waals surface area contributed by atoms with Gasteiger partial charge >= 0.3 is 0 Å². The van der Waals surface area contributed by atoms with E-state index < -0.39 is 0 Å². The van der Waals surface area contributed by atoms with E-state index in [1.54, 1.807) is 0 Å². The lowest BCUT2D eigenvalue weighted by Gasteiger charge is -2.31. The second-order valence-corrected chi connectivity index (χ2v) is 9.52. The molecule has 1 aromatic heterocycles. The van der Waals surface area contributed by atoms with Gasteiger partial charge < -0.3 is 19.8 Å². The SMILES string of the molecule is CN(CCOc1cccc(CNC(=O)c2cccc3c4c([nH]c23)CCCC4)c1)C1CCOCC1. The van der Waals surface area contributed by atoms with Crippen LogP contribution in [0.15, 0.2) is 42.5 Å². The zero-order chi connectivity index (χ0) is 23.3. The molecule has 6 heteroatoms. The van der Waals surface area contributed by atoms with Crippen molar-refractivity contribution in [1.29, 1.82) is 0 Å². The predicted octanol–water partition coefficient (Wildman–Crippen LogP) is 4.47. The number of benzene rings is 2. The number of nitrogens with zero attached hydrogens (tertiary/aromatic N) is 1. The number of amides is 1. The number of hydrogen-bond acceptors (Lipinski definition) is 4. The van der Waals surface area contributed by atoms with Gasteiger partial charge in [-0.1, -0.05) is 24.3 Å². The van der Waals surface area contributed by atoms with Crippen molar-refractivity contribution in [2.24, 2.45) is 0 Å². The van der Waals surface area contributed by atoms with Crippen LogP contribution in [0.5, 0.6) is 5.75 Å². The van der Waals surface area contributed by atoms with Crippen LogP contribution in [0.4, 0.5) is 0 Å². The fourth-order valence-corrected chi connectivity index (χ4v) is 5.26. The summed E-state index contributed by atoms with van der Waals surface area (Å²) in [5, 5.41) is 4.30. The molecule has 0 atom stereocenters. The first kappa shape index (κ1) is 22.9. The molecule has 6 nitrogen and oxygen atoms in total. The van der Waals surface area contributed by atoms with Crippen molar-refractivity contribution in [3.05, 3.63) is 64.8 Å². The Bertz CT molecular complexity index is 1130. The highest BCUT2D eigenvalue weighted by atomic mass is 16.5. The third kappa shape index (κ3) is 5.13. The van der Waals surface area contributed by atoms with Crippen molar-refractivity contribution >= 4 is 16.8 Å². The molecule has 2 N–H and O–H groups in total. The number of carbonyl (C=O) groups is 1. The Morgan fingerprint density at radius 2 is 1.97 bits per heavy atom. The zero-order valence-electron chi connectivity index (χ0n) is 20.1. The van der Waals surface area contributed by atoms with Crippen LogP contribution in [-0.4, -0.2) is 55.2 Å². The average Bonchev–Trinajstić information content (AvgIpc) is 3.27. The number of rotatable bonds is 8. The van der Waals surface area contributed by atoms with E-state index in [-0.39, 0.29) is 5.91 Å². The topological polar surface area (TPSA) is 66.6 Å². The number of carbonyl (C=O) groups excluding carboxylic acids is 1. The summed E-state index contributed by atoms with van der Waals surface area (Å²) in [6, 6.07) is 14.6. The third-order valence-corrected chi connectivity index (χ3v) is 7.26. The van der Waals surface area contributed by atoms with Gasteiger partial charge in [0.15, 0.2) is 0 Å². The lowest BCUT2D eigenvalue weighted by Crippen LogP contribution is -2.38. The molecule has 0 unspecified atom stereocenters. The maximum atomic E-state index is 13.1. The lowest BCUT2D eigenvalue weighted by atomic mass is 9.95. The maximum Gasteiger partial charge on any atom is 0.253 e. The van der Waals surface area contributed by atoms with E-state index in [0.717, 1.165) is 67.8 Å². The molecule has 0 radical (unpaired) electrons. The van der Waals surface area contributed by atoms with Crippen molar-refractivity contribution in [2.45, 2.75) is 51.1 Å². The molecule has 0 spiro atoms.